The first-order valence-electron chi connectivity index (χ1n) is 7.72. The Labute approximate surface area is 141 Å². The van der Waals surface area contributed by atoms with E-state index in [1.165, 1.54) is 11.1 Å². The summed E-state index contributed by atoms with van der Waals surface area (Å²) in [6.07, 6.45) is 1.95. The van der Waals surface area contributed by atoms with Crippen LogP contribution in [0, 0.1) is 0 Å². The first-order chi connectivity index (χ1) is 10.3. The Bertz CT molecular complexity index is 540. The molecule has 2 rings (SSSR count). The van der Waals surface area contributed by atoms with Gasteiger partial charge in [-0.05, 0) is 56.9 Å². The predicted octanol–water partition coefficient (Wildman–Crippen LogP) is 3.89. The standard InChI is InChI=1S/C17H25BrN2O2/c1-17(2,3)22-16(21)20(4)10-9-19-15-8-5-12-11-13(18)6-7-14(12)15/h6-7,11,15,19H,5,8-10H2,1-4H3. The molecule has 0 aromatic heterocycles. The minimum atomic E-state index is -0.448. The van der Waals surface area contributed by atoms with Crippen LogP contribution in [0.5, 0.6) is 0 Å². The van der Waals surface area contributed by atoms with Gasteiger partial charge in [-0.2, -0.15) is 0 Å². The largest absolute Gasteiger partial charge is 0.444 e. The molecule has 0 bridgehead atoms. The fourth-order valence-electron chi connectivity index (χ4n) is 2.64. The summed E-state index contributed by atoms with van der Waals surface area (Å²) in [5, 5.41) is 3.54. The summed E-state index contributed by atoms with van der Waals surface area (Å²) in [4.78, 5) is 13.5. The molecule has 5 heteroatoms. The van der Waals surface area contributed by atoms with Gasteiger partial charge in [-0.3, -0.25) is 0 Å². The lowest BCUT2D eigenvalue weighted by Crippen LogP contribution is -2.38. The fourth-order valence-corrected chi connectivity index (χ4v) is 3.04. The Hall–Kier alpha value is -1.07. The van der Waals surface area contributed by atoms with Crippen LogP contribution in [0.1, 0.15) is 44.4 Å². The maximum absolute atomic E-state index is 11.9. The lowest BCUT2D eigenvalue weighted by atomic mass is 10.1. The van der Waals surface area contributed by atoms with E-state index in [1.54, 1.807) is 11.9 Å². The maximum atomic E-state index is 11.9. The quantitative estimate of drug-likeness (QED) is 0.876. The Kier molecular flexibility index (Phi) is 5.50. The van der Waals surface area contributed by atoms with E-state index in [0.717, 1.165) is 23.9 Å². The highest BCUT2D eigenvalue weighted by molar-refractivity contribution is 9.10. The number of aryl methyl sites for hydroxylation is 1. The summed E-state index contributed by atoms with van der Waals surface area (Å²) in [7, 11) is 1.77. The van der Waals surface area contributed by atoms with Crippen molar-refractivity contribution in [1.29, 1.82) is 0 Å². The molecule has 1 aromatic carbocycles. The minimum Gasteiger partial charge on any atom is -0.444 e. The van der Waals surface area contributed by atoms with Crippen molar-refractivity contribution in [3.63, 3.8) is 0 Å². The van der Waals surface area contributed by atoms with Gasteiger partial charge in [-0.15, -0.1) is 0 Å². The summed E-state index contributed by atoms with van der Waals surface area (Å²) >= 11 is 3.52. The lowest BCUT2D eigenvalue weighted by Gasteiger charge is -2.25. The van der Waals surface area contributed by atoms with Gasteiger partial charge < -0.3 is 15.0 Å². The smallest absolute Gasteiger partial charge is 0.410 e. The number of halogens is 1. The molecule has 0 aliphatic heterocycles. The Morgan fingerprint density at radius 1 is 1.45 bits per heavy atom. The van der Waals surface area contributed by atoms with Gasteiger partial charge in [0.15, 0.2) is 0 Å². The van der Waals surface area contributed by atoms with Crippen LogP contribution in [0.4, 0.5) is 4.79 Å². The third-order valence-electron chi connectivity index (χ3n) is 3.73. The molecule has 1 aromatic rings. The SMILES string of the molecule is CN(CCNC1CCc2cc(Br)ccc21)C(=O)OC(C)(C)C. The zero-order chi connectivity index (χ0) is 16.3. The molecule has 4 nitrogen and oxygen atoms in total. The van der Waals surface area contributed by atoms with E-state index in [1.807, 2.05) is 20.8 Å². The first kappa shape index (κ1) is 17.3. The van der Waals surface area contributed by atoms with Gasteiger partial charge in [0.2, 0.25) is 0 Å². The number of benzene rings is 1. The van der Waals surface area contributed by atoms with Gasteiger partial charge in [0, 0.05) is 30.7 Å². The zero-order valence-electron chi connectivity index (χ0n) is 13.8. The van der Waals surface area contributed by atoms with Crippen molar-refractivity contribution >= 4 is 22.0 Å². The van der Waals surface area contributed by atoms with Gasteiger partial charge in [0.05, 0.1) is 0 Å². The van der Waals surface area contributed by atoms with Crippen molar-refractivity contribution in [3.8, 4) is 0 Å². The average Bonchev–Trinajstić information content (AvgIpc) is 2.79. The summed E-state index contributed by atoms with van der Waals surface area (Å²) < 4.78 is 6.48. The molecule has 0 fully saturated rings. The molecule has 1 amide bonds. The first-order valence-corrected chi connectivity index (χ1v) is 8.51. The van der Waals surface area contributed by atoms with Crippen LogP contribution in [-0.2, 0) is 11.2 Å². The number of hydrogen-bond donors (Lipinski definition) is 1. The highest BCUT2D eigenvalue weighted by Crippen LogP contribution is 2.32. The second-order valence-corrected chi connectivity index (χ2v) is 7.71. The fraction of sp³-hybridized carbons (Fsp3) is 0.588. The second kappa shape index (κ2) is 7.01. The number of carbonyl (C=O) groups is 1. The molecule has 1 aliphatic carbocycles. The number of amides is 1. The van der Waals surface area contributed by atoms with Crippen molar-refractivity contribution in [1.82, 2.24) is 10.2 Å². The Morgan fingerprint density at radius 2 is 2.18 bits per heavy atom. The van der Waals surface area contributed by atoms with Gasteiger partial charge >= 0.3 is 6.09 Å². The summed E-state index contributed by atoms with van der Waals surface area (Å²) in [6, 6.07) is 6.85. The van der Waals surface area contributed by atoms with Crippen LogP contribution in [0.3, 0.4) is 0 Å². The van der Waals surface area contributed by atoms with E-state index in [2.05, 4.69) is 39.4 Å². The van der Waals surface area contributed by atoms with Crippen LogP contribution in [0.15, 0.2) is 22.7 Å². The van der Waals surface area contributed by atoms with Crippen LogP contribution < -0.4 is 5.32 Å². The number of ether oxygens (including phenoxy) is 1. The Balaban J connectivity index is 1.80. The number of nitrogens with one attached hydrogen (secondary N) is 1. The molecule has 0 spiro atoms. The number of nitrogens with zero attached hydrogens (tertiary/aromatic N) is 1. The molecule has 1 atom stereocenters. The van der Waals surface area contributed by atoms with Gasteiger partial charge in [-0.1, -0.05) is 22.0 Å². The van der Waals surface area contributed by atoms with Crippen molar-refractivity contribution in [3.05, 3.63) is 33.8 Å². The van der Waals surface area contributed by atoms with E-state index in [-0.39, 0.29) is 6.09 Å². The highest BCUT2D eigenvalue weighted by atomic mass is 79.9. The number of fused-ring (bicyclic) bond motifs is 1. The summed E-state index contributed by atoms with van der Waals surface area (Å²) in [5.41, 5.74) is 2.34. The molecule has 1 N–H and O–H groups in total. The summed E-state index contributed by atoms with van der Waals surface area (Å²) in [5.74, 6) is 0. The van der Waals surface area contributed by atoms with Crippen molar-refractivity contribution in [2.24, 2.45) is 0 Å². The third-order valence-corrected chi connectivity index (χ3v) is 4.22. The van der Waals surface area contributed by atoms with Gasteiger partial charge in [0.25, 0.3) is 0 Å². The van der Waals surface area contributed by atoms with Crippen molar-refractivity contribution in [2.45, 2.75) is 45.3 Å². The second-order valence-electron chi connectivity index (χ2n) is 6.79. The highest BCUT2D eigenvalue weighted by Gasteiger charge is 2.23. The molecule has 1 aliphatic rings. The topological polar surface area (TPSA) is 41.6 Å². The molecule has 122 valence electrons. The number of likely N-dealkylation sites (N-methyl/N-ethyl adjacent to an activating group) is 1. The minimum absolute atomic E-state index is 0.273. The van der Waals surface area contributed by atoms with Crippen LogP contribution in [-0.4, -0.2) is 36.7 Å². The van der Waals surface area contributed by atoms with Crippen molar-refractivity contribution < 1.29 is 9.53 Å². The maximum Gasteiger partial charge on any atom is 0.410 e. The van der Waals surface area contributed by atoms with Gasteiger partial charge in [0.1, 0.15) is 5.60 Å². The number of hydrogen-bond acceptors (Lipinski definition) is 3. The van der Waals surface area contributed by atoms with Gasteiger partial charge in [-0.25, -0.2) is 4.79 Å². The average molecular weight is 369 g/mol. The predicted molar refractivity (Wildman–Crippen MR) is 92.1 cm³/mol. The monoisotopic (exact) mass is 368 g/mol. The van der Waals surface area contributed by atoms with Crippen molar-refractivity contribution in [2.75, 3.05) is 20.1 Å². The molecular weight excluding hydrogens is 344 g/mol. The molecule has 0 radical (unpaired) electrons. The van der Waals surface area contributed by atoms with Crippen LogP contribution in [0.2, 0.25) is 0 Å². The molecule has 0 heterocycles. The van der Waals surface area contributed by atoms with E-state index in [4.69, 9.17) is 4.74 Å². The molecule has 0 saturated carbocycles. The normalized spacial score (nSPS) is 17.2. The molecular formula is C17H25BrN2O2. The Morgan fingerprint density at radius 3 is 2.86 bits per heavy atom. The molecule has 1 unspecified atom stereocenters. The third kappa shape index (κ3) is 4.71. The number of rotatable bonds is 4. The van der Waals surface area contributed by atoms with E-state index < -0.39 is 5.60 Å². The number of carbonyl (C=O) groups excluding carboxylic acids is 1. The summed E-state index contributed by atoms with van der Waals surface area (Å²) in [6.45, 7) is 7.03. The van der Waals surface area contributed by atoms with E-state index in [0.29, 0.717) is 12.6 Å². The lowest BCUT2D eigenvalue weighted by molar-refractivity contribution is 0.0299. The zero-order valence-corrected chi connectivity index (χ0v) is 15.4. The van der Waals surface area contributed by atoms with Crippen LogP contribution in [0.25, 0.3) is 0 Å². The van der Waals surface area contributed by atoms with E-state index in [9.17, 15) is 4.79 Å². The van der Waals surface area contributed by atoms with Crippen LogP contribution >= 0.6 is 15.9 Å². The van der Waals surface area contributed by atoms with E-state index >= 15 is 0 Å². The molecule has 22 heavy (non-hydrogen) atoms. The molecule has 0 saturated heterocycles.